The number of benzene rings is 2. The second-order valence-electron chi connectivity index (χ2n) is 6.37. The van der Waals surface area contributed by atoms with E-state index in [0.717, 1.165) is 11.1 Å². The molecule has 1 heterocycles. The minimum Gasteiger partial charge on any atom is -0.494 e. The topological polar surface area (TPSA) is 61.8 Å². The fraction of sp³-hybridized carbons (Fsp3) is 0.190. The van der Waals surface area contributed by atoms with Crippen LogP contribution in [0.2, 0.25) is 0 Å². The molecule has 28 heavy (non-hydrogen) atoms. The molecule has 7 heteroatoms. The number of methoxy groups -OCH3 is 1. The predicted octanol–water partition coefficient (Wildman–Crippen LogP) is 4.08. The second-order valence-corrected chi connectivity index (χ2v) is 6.37. The molecular weight excluding hydrogens is 366 g/mol. The van der Waals surface area contributed by atoms with Crippen molar-refractivity contribution in [3.05, 3.63) is 83.1 Å². The lowest BCUT2D eigenvalue weighted by atomic mass is 10.0. The fourth-order valence-electron chi connectivity index (χ4n) is 2.88. The average Bonchev–Trinajstić information content (AvgIpc) is 2.68. The van der Waals surface area contributed by atoms with Crippen molar-refractivity contribution in [2.45, 2.75) is 19.4 Å². The van der Waals surface area contributed by atoms with Crippen LogP contribution in [0, 0.1) is 11.6 Å². The van der Waals surface area contributed by atoms with Crippen LogP contribution in [0.15, 0.2) is 60.3 Å². The number of nitrogens with zero attached hydrogens (tertiary/aromatic N) is 1. The lowest BCUT2D eigenvalue weighted by Gasteiger charge is -2.29. The highest BCUT2D eigenvalue weighted by molar-refractivity contribution is 5.70. The second kappa shape index (κ2) is 8.56. The lowest BCUT2D eigenvalue weighted by molar-refractivity contribution is -0.136. The van der Waals surface area contributed by atoms with Gasteiger partial charge in [0.05, 0.1) is 19.4 Å². The highest BCUT2D eigenvalue weighted by Gasteiger charge is 2.16. The number of nitrogens with one attached hydrogen (secondary N) is 1. The molecular formula is C21H20F2N2O3. The maximum Gasteiger partial charge on any atom is 0.303 e. The van der Waals surface area contributed by atoms with E-state index in [0.29, 0.717) is 24.2 Å². The third-order valence-corrected chi connectivity index (χ3v) is 4.27. The molecule has 0 fully saturated rings. The van der Waals surface area contributed by atoms with E-state index in [1.807, 2.05) is 0 Å². The van der Waals surface area contributed by atoms with Gasteiger partial charge in [0, 0.05) is 18.2 Å². The van der Waals surface area contributed by atoms with Crippen molar-refractivity contribution < 1.29 is 23.4 Å². The number of hydrogen-bond donors (Lipinski definition) is 2. The first-order valence-electron chi connectivity index (χ1n) is 8.70. The molecule has 2 aromatic carbocycles. The first kappa shape index (κ1) is 19.4. The summed E-state index contributed by atoms with van der Waals surface area (Å²) in [5.74, 6) is -1.56. The van der Waals surface area contributed by atoms with Gasteiger partial charge >= 0.3 is 5.97 Å². The number of carboxylic acid groups (broad SMARTS) is 1. The third-order valence-electron chi connectivity index (χ3n) is 4.27. The first-order chi connectivity index (χ1) is 13.4. The molecule has 2 N–H and O–H groups in total. The van der Waals surface area contributed by atoms with Crippen LogP contribution >= 0.6 is 0 Å². The zero-order valence-corrected chi connectivity index (χ0v) is 15.3. The van der Waals surface area contributed by atoms with Gasteiger partial charge in [-0.15, -0.1) is 0 Å². The molecule has 0 bridgehead atoms. The first-order valence-corrected chi connectivity index (χ1v) is 8.70. The SMILES string of the molecule is COc1ccc(C2=CC(CCC(=O)O)=CN(Cc3ccc(F)cc3)N2)cc1F. The molecule has 1 aliphatic heterocycles. The number of carboxylic acids is 1. The van der Waals surface area contributed by atoms with Crippen molar-refractivity contribution in [2.24, 2.45) is 0 Å². The summed E-state index contributed by atoms with van der Waals surface area (Å²) in [6.07, 6.45) is 3.91. The summed E-state index contributed by atoms with van der Waals surface area (Å²) < 4.78 is 32.2. The molecule has 2 aromatic rings. The van der Waals surface area contributed by atoms with Crippen LogP contribution < -0.4 is 10.2 Å². The Balaban J connectivity index is 1.86. The van der Waals surface area contributed by atoms with Crippen molar-refractivity contribution in [2.75, 3.05) is 7.11 Å². The Hall–Kier alpha value is -3.35. The zero-order chi connectivity index (χ0) is 20.1. The van der Waals surface area contributed by atoms with E-state index in [-0.39, 0.29) is 18.0 Å². The van der Waals surface area contributed by atoms with Gasteiger partial charge < -0.3 is 9.84 Å². The van der Waals surface area contributed by atoms with Crippen molar-refractivity contribution in [1.29, 1.82) is 0 Å². The number of carbonyl (C=O) groups is 1. The molecule has 0 radical (unpaired) electrons. The van der Waals surface area contributed by atoms with Crippen LogP contribution in [0.5, 0.6) is 5.75 Å². The van der Waals surface area contributed by atoms with E-state index < -0.39 is 11.8 Å². The standard InChI is InChI=1S/C21H20F2N2O3/c1-28-20-8-5-16(11-18(20)23)19-10-15(4-9-21(26)27)13-25(24-19)12-14-2-6-17(22)7-3-14/h2-3,5-8,10-11,13,24H,4,9,12H2,1H3,(H,26,27). The summed E-state index contributed by atoms with van der Waals surface area (Å²) >= 11 is 0. The average molecular weight is 386 g/mol. The van der Waals surface area contributed by atoms with Crippen molar-refractivity contribution in [3.8, 4) is 5.75 Å². The molecule has 0 aromatic heterocycles. The maximum atomic E-state index is 14.1. The molecule has 0 saturated carbocycles. The Morgan fingerprint density at radius 1 is 1.18 bits per heavy atom. The van der Waals surface area contributed by atoms with Gasteiger partial charge in [0.25, 0.3) is 0 Å². The quantitative estimate of drug-likeness (QED) is 0.751. The van der Waals surface area contributed by atoms with Gasteiger partial charge in [-0.05, 0) is 54.0 Å². The molecule has 0 aliphatic carbocycles. The van der Waals surface area contributed by atoms with E-state index in [1.54, 1.807) is 35.5 Å². The zero-order valence-electron chi connectivity index (χ0n) is 15.3. The molecule has 0 atom stereocenters. The Morgan fingerprint density at radius 3 is 2.57 bits per heavy atom. The summed E-state index contributed by atoms with van der Waals surface area (Å²) in [5.41, 5.74) is 6.07. The summed E-state index contributed by atoms with van der Waals surface area (Å²) in [7, 11) is 1.40. The minimum atomic E-state index is -0.894. The highest BCUT2D eigenvalue weighted by atomic mass is 19.1. The monoisotopic (exact) mass is 386 g/mol. The Labute approximate surface area is 161 Å². The van der Waals surface area contributed by atoms with E-state index in [2.05, 4.69) is 5.43 Å². The molecule has 0 spiro atoms. The largest absolute Gasteiger partial charge is 0.494 e. The van der Waals surface area contributed by atoms with Crippen LogP contribution in [-0.4, -0.2) is 23.2 Å². The highest BCUT2D eigenvalue weighted by Crippen LogP contribution is 2.26. The van der Waals surface area contributed by atoms with Gasteiger partial charge in [0.15, 0.2) is 11.6 Å². The van der Waals surface area contributed by atoms with Crippen LogP contribution in [0.25, 0.3) is 5.70 Å². The predicted molar refractivity (Wildman–Crippen MR) is 101 cm³/mol. The van der Waals surface area contributed by atoms with Crippen molar-refractivity contribution in [1.82, 2.24) is 10.4 Å². The third kappa shape index (κ3) is 4.88. The van der Waals surface area contributed by atoms with Gasteiger partial charge in [0.2, 0.25) is 0 Å². The Bertz CT molecular complexity index is 924. The van der Waals surface area contributed by atoms with E-state index >= 15 is 0 Å². The van der Waals surface area contributed by atoms with Crippen molar-refractivity contribution in [3.63, 3.8) is 0 Å². The van der Waals surface area contributed by atoms with Gasteiger partial charge in [-0.1, -0.05) is 12.1 Å². The molecule has 3 rings (SSSR count). The normalized spacial score (nSPS) is 13.5. The van der Waals surface area contributed by atoms with Gasteiger partial charge in [-0.25, -0.2) is 8.78 Å². The number of allylic oxidation sites excluding steroid dienone is 2. The molecule has 1 aliphatic rings. The number of halogens is 2. The Kier molecular flexibility index (Phi) is 5.93. The molecule has 5 nitrogen and oxygen atoms in total. The number of hydrogen-bond acceptors (Lipinski definition) is 4. The molecule has 0 saturated heterocycles. The number of aliphatic carboxylic acids is 1. The summed E-state index contributed by atoms with van der Waals surface area (Å²) in [4.78, 5) is 10.9. The van der Waals surface area contributed by atoms with Gasteiger partial charge in [0.1, 0.15) is 5.82 Å². The minimum absolute atomic E-state index is 0.0169. The molecule has 0 unspecified atom stereocenters. The smallest absolute Gasteiger partial charge is 0.303 e. The summed E-state index contributed by atoms with van der Waals surface area (Å²) in [5, 5.41) is 10.7. The van der Waals surface area contributed by atoms with E-state index in [1.165, 1.54) is 31.4 Å². The number of rotatable bonds is 7. The Morgan fingerprint density at radius 2 is 1.93 bits per heavy atom. The van der Waals surface area contributed by atoms with Crippen LogP contribution in [0.1, 0.15) is 24.0 Å². The summed E-state index contributed by atoms with van der Waals surface area (Å²) in [6, 6.07) is 10.7. The molecule has 0 amide bonds. The van der Waals surface area contributed by atoms with Gasteiger partial charge in [-0.3, -0.25) is 15.2 Å². The fourth-order valence-corrected chi connectivity index (χ4v) is 2.88. The molecule has 146 valence electrons. The number of hydrazine groups is 1. The number of ether oxygens (including phenoxy) is 1. The van der Waals surface area contributed by atoms with Crippen LogP contribution in [0.4, 0.5) is 8.78 Å². The van der Waals surface area contributed by atoms with Crippen LogP contribution in [0.3, 0.4) is 0 Å². The summed E-state index contributed by atoms with van der Waals surface area (Å²) in [6.45, 7) is 0.423. The van der Waals surface area contributed by atoms with Crippen molar-refractivity contribution >= 4 is 11.7 Å². The van der Waals surface area contributed by atoms with E-state index in [9.17, 15) is 13.6 Å². The van der Waals surface area contributed by atoms with Crippen LogP contribution in [-0.2, 0) is 11.3 Å². The van der Waals surface area contributed by atoms with Gasteiger partial charge in [-0.2, -0.15) is 0 Å². The lowest BCUT2D eigenvalue weighted by Crippen LogP contribution is -2.34. The van der Waals surface area contributed by atoms with E-state index in [4.69, 9.17) is 9.84 Å². The maximum absolute atomic E-state index is 14.1.